The van der Waals surface area contributed by atoms with Crippen LogP contribution in [0.25, 0.3) is 32.8 Å². The molecule has 6 aromatic rings. The van der Waals surface area contributed by atoms with Gasteiger partial charge in [0.25, 0.3) is 0 Å². The Morgan fingerprint density at radius 3 is 2.60 bits per heavy atom. The largest absolute Gasteiger partial charge is 0.493 e. The molecule has 9 nitrogen and oxygen atoms in total. The number of hydrogen-bond donors (Lipinski definition) is 3. The van der Waals surface area contributed by atoms with Gasteiger partial charge < -0.3 is 28.6 Å². The second kappa shape index (κ2) is 14.0. The van der Waals surface area contributed by atoms with Crippen molar-refractivity contribution in [3.8, 4) is 22.6 Å². The first-order valence-electron chi connectivity index (χ1n) is 16.3. The van der Waals surface area contributed by atoms with Crippen LogP contribution in [0.2, 0.25) is 0 Å². The number of aromatic carboxylic acids is 1. The van der Waals surface area contributed by atoms with Crippen LogP contribution < -0.4 is 14.2 Å². The first-order valence-corrected chi connectivity index (χ1v) is 16.7. The molecule has 0 aliphatic carbocycles. The van der Waals surface area contributed by atoms with Crippen molar-refractivity contribution in [1.82, 2.24) is 14.3 Å². The molecule has 0 amide bonds. The molecular weight excluding hydrogens is 625 g/mol. The van der Waals surface area contributed by atoms with Gasteiger partial charge in [0, 0.05) is 47.8 Å². The number of benzene rings is 4. The lowest BCUT2D eigenvalue weighted by molar-refractivity contribution is 0.0683. The van der Waals surface area contributed by atoms with Gasteiger partial charge in [0.2, 0.25) is 0 Å². The van der Waals surface area contributed by atoms with Crippen molar-refractivity contribution in [2.24, 2.45) is 7.05 Å². The number of aryl methyl sites for hydroxylation is 3. The molecule has 0 radical (unpaired) electrons. The fraction of sp³-hybridized carbons (Fsp3) is 0.263. The number of carboxylic acid groups (broad SMARTS) is 1. The van der Waals surface area contributed by atoms with Gasteiger partial charge >= 0.3 is 5.97 Å². The summed E-state index contributed by atoms with van der Waals surface area (Å²) in [7, 11) is 1.92. The number of nitrogens with one attached hydrogen (secondary N) is 1. The molecule has 48 heavy (non-hydrogen) atoms. The zero-order chi connectivity index (χ0) is 33.0. The van der Waals surface area contributed by atoms with Crippen molar-refractivity contribution in [3.63, 3.8) is 0 Å². The Morgan fingerprint density at radius 1 is 0.979 bits per heavy atom. The third kappa shape index (κ3) is 6.21. The number of carbonyl (C=O) groups is 1. The summed E-state index contributed by atoms with van der Waals surface area (Å²) in [6, 6.07) is 27.9. The molecule has 0 atom stereocenters. The molecule has 3 heterocycles. The number of para-hydroxylation sites is 1. The number of aromatic nitrogens is 3. The van der Waals surface area contributed by atoms with Crippen LogP contribution in [0.3, 0.4) is 0 Å². The lowest BCUT2D eigenvalue weighted by atomic mass is 9.98. The predicted molar refractivity (Wildman–Crippen MR) is 191 cm³/mol. The predicted octanol–water partition coefficient (Wildman–Crippen LogP) is 8.05. The summed E-state index contributed by atoms with van der Waals surface area (Å²) < 4.78 is 25.3. The van der Waals surface area contributed by atoms with Crippen molar-refractivity contribution < 1.29 is 24.1 Å². The van der Waals surface area contributed by atoms with E-state index in [1.165, 1.54) is 0 Å². The van der Waals surface area contributed by atoms with E-state index in [9.17, 15) is 9.90 Å². The van der Waals surface area contributed by atoms with Gasteiger partial charge in [-0.15, -0.1) is 0 Å². The summed E-state index contributed by atoms with van der Waals surface area (Å²) in [6.07, 6.45) is 2.84. The van der Waals surface area contributed by atoms with Crippen LogP contribution in [-0.4, -0.2) is 38.6 Å². The second-order valence-electron chi connectivity index (χ2n) is 12.0. The molecule has 0 fully saturated rings. The normalized spacial score (nSPS) is 13.2. The van der Waals surface area contributed by atoms with E-state index in [-0.39, 0.29) is 6.61 Å². The maximum Gasteiger partial charge on any atom is 0.352 e. The highest BCUT2D eigenvalue weighted by Gasteiger charge is 2.28. The van der Waals surface area contributed by atoms with Gasteiger partial charge in [-0.05, 0) is 67.0 Å². The second-order valence-corrected chi connectivity index (χ2v) is 12.2. The number of anilines is 1. The third-order valence-electron chi connectivity index (χ3n) is 8.99. The minimum Gasteiger partial charge on any atom is -0.493 e. The number of carboxylic acids is 1. The van der Waals surface area contributed by atoms with Gasteiger partial charge in [-0.2, -0.15) is 5.10 Å². The highest BCUT2D eigenvalue weighted by Crippen LogP contribution is 2.39. The lowest BCUT2D eigenvalue weighted by Gasteiger charge is -2.13. The average Bonchev–Trinajstić information content (AvgIpc) is 3.59. The van der Waals surface area contributed by atoms with Crippen molar-refractivity contribution >= 4 is 46.1 Å². The highest BCUT2D eigenvalue weighted by atomic mass is 32.1. The molecule has 1 aliphatic rings. The van der Waals surface area contributed by atoms with Crippen LogP contribution in [0.4, 0.5) is 5.69 Å². The van der Waals surface area contributed by atoms with E-state index in [1.54, 1.807) is 0 Å². The van der Waals surface area contributed by atoms with Gasteiger partial charge in [-0.25, -0.2) is 4.79 Å². The van der Waals surface area contributed by atoms with Crippen LogP contribution in [0.15, 0.2) is 84.9 Å². The number of hydrogen-bond acceptors (Lipinski definition) is 7. The Bertz CT molecular complexity index is 2080. The monoisotopic (exact) mass is 662 g/mol. The number of ether oxygens (including phenoxy) is 3. The van der Waals surface area contributed by atoms with Crippen molar-refractivity contribution in [2.75, 3.05) is 17.9 Å². The van der Waals surface area contributed by atoms with Gasteiger partial charge in [0.05, 0.1) is 24.4 Å². The molecular formula is C38H38N4O5S. The van der Waals surface area contributed by atoms with Crippen molar-refractivity contribution in [1.29, 1.82) is 0 Å². The fourth-order valence-corrected chi connectivity index (χ4v) is 6.92. The molecule has 0 unspecified atom stereocenters. The average molecular weight is 663 g/mol. The number of fused-ring (bicyclic) bond motifs is 3. The summed E-state index contributed by atoms with van der Waals surface area (Å²) in [5.74, 6) is 0.612. The molecule has 2 aromatic heterocycles. The van der Waals surface area contributed by atoms with E-state index >= 15 is 0 Å². The summed E-state index contributed by atoms with van der Waals surface area (Å²) in [4.78, 5) is 13.0. The molecule has 2 N–H and O–H groups in total. The van der Waals surface area contributed by atoms with Crippen LogP contribution in [-0.2, 0) is 38.0 Å². The molecule has 4 aromatic carbocycles. The zero-order valence-electron chi connectivity index (χ0n) is 26.8. The summed E-state index contributed by atoms with van der Waals surface area (Å²) in [5.41, 5.74) is 6.46. The van der Waals surface area contributed by atoms with Gasteiger partial charge in [-0.1, -0.05) is 67.4 Å². The van der Waals surface area contributed by atoms with Gasteiger partial charge in [0.1, 0.15) is 29.5 Å². The van der Waals surface area contributed by atoms with E-state index in [0.717, 1.165) is 74.0 Å². The first-order chi connectivity index (χ1) is 23.5. The maximum absolute atomic E-state index is 13.0. The smallest absolute Gasteiger partial charge is 0.352 e. The standard InChI is InChI=1S/C38H38N4O5S/c1-41-33-24-45-21-5-4-20-42-36-29(12-7-13-31(36)35(33)32(39-41)23-47-27-18-16-26(40-48)17-19-27)30(37(42)38(43)44)14-8-22-46-34-15-6-10-25-9-2-3-11-28(25)34/h2-3,6-7,9-13,15-19,40,48H,4-5,8,14,20-24H2,1H3,(H,43,44). The molecule has 7 rings (SSSR count). The molecule has 0 spiro atoms. The van der Waals surface area contributed by atoms with Crippen LogP contribution in [0.5, 0.6) is 11.5 Å². The molecule has 1 aliphatic heterocycles. The first kappa shape index (κ1) is 31.7. The van der Waals surface area contributed by atoms with E-state index in [2.05, 4.69) is 41.8 Å². The summed E-state index contributed by atoms with van der Waals surface area (Å²) in [5, 5.41) is 18.7. The van der Waals surface area contributed by atoms with Crippen molar-refractivity contribution in [3.05, 3.63) is 108 Å². The van der Waals surface area contributed by atoms with E-state index in [4.69, 9.17) is 19.3 Å². The van der Waals surface area contributed by atoms with Crippen LogP contribution in [0.1, 0.15) is 46.7 Å². The van der Waals surface area contributed by atoms with Gasteiger partial charge in [0.15, 0.2) is 0 Å². The van der Waals surface area contributed by atoms with Crippen LogP contribution in [0, 0.1) is 0 Å². The Balaban J connectivity index is 1.26. The van der Waals surface area contributed by atoms with Crippen LogP contribution >= 0.6 is 12.8 Å². The number of thiol groups is 1. The minimum atomic E-state index is -0.928. The Hall–Kier alpha value is -4.93. The zero-order valence-corrected chi connectivity index (χ0v) is 27.7. The molecule has 10 heteroatoms. The molecule has 0 bridgehead atoms. The maximum atomic E-state index is 13.0. The quantitative estimate of drug-likeness (QED) is 0.101. The lowest BCUT2D eigenvalue weighted by Crippen LogP contribution is -2.12. The van der Waals surface area contributed by atoms with E-state index in [0.29, 0.717) is 50.7 Å². The SMILES string of the molecule is Cn1nc(COc2ccc(NS)cc2)c2c1COCCCCn1c(C(=O)O)c(CCCOc3cccc4ccccc34)c3cccc-2c31. The Morgan fingerprint density at radius 2 is 1.77 bits per heavy atom. The summed E-state index contributed by atoms with van der Waals surface area (Å²) >= 11 is 4.11. The van der Waals surface area contributed by atoms with Crippen molar-refractivity contribution in [2.45, 2.75) is 45.4 Å². The third-order valence-corrected chi connectivity index (χ3v) is 9.25. The Labute approximate surface area is 284 Å². The van der Waals surface area contributed by atoms with Gasteiger partial charge in [-0.3, -0.25) is 4.68 Å². The number of rotatable bonds is 10. The van der Waals surface area contributed by atoms with E-state index in [1.807, 2.05) is 77.0 Å². The fourth-order valence-electron chi connectivity index (χ4n) is 6.77. The molecule has 0 saturated carbocycles. The minimum absolute atomic E-state index is 0.234. The highest BCUT2D eigenvalue weighted by molar-refractivity contribution is 7.81. The topological polar surface area (TPSA) is 99.8 Å². The van der Waals surface area contributed by atoms with E-state index < -0.39 is 5.97 Å². The molecule has 0 saturated heterocycles. The number of nitrogens with zero attached hydrogens (tertiary/aromatic N) is 3. The molecule has 246 valence electrons. The summed E-state index contributed by atoms with van der Waals surface area (Å²) in [6.45, 7) is 2.23. The Kier molecular flexibility index (Phi) is 9.27.